The first-order valence-electron chi connectivity index (χ1n) is 10.3. The molecule has 7 heteroatoms. The van der Waals surface area contributed by atoms with Crippen molar-refractivity contribution in [3.05, 3.63) is 47.8 Å². The van der Waals surface area contributed by atoms with Crippen molar-refractivity contribution < 1.29 is 19.0 Å². The summed E-state index contributed by atoms with van der Waals surface area (Å²) in [5.41, 5.74) is 1.13. The maximum atomic E-state index is 12.8. The Bertz CT molecular complexity index is 896. The average molecular weight is 395 g/mol. The lowest BCUT2D eigenvalue weighted by Crippen LogP contribution is -2.57. The highest BCUT2D eigenvalue weighted by Gasteiger charge is 2.53. The largest absolute Gasteiger partial charge is 0.493 e. The first kappa shape index (κ1) is 18.4. The molecule has 1 amide bonds. The van der Waals surface area contributed by atoms with Crippen LogP contribution in [-0.4, -0.2) is 53.4 Å². The van der Waals surface area contributed by atoms with Gasteiger partial charge in [0.15, 0.2) is 17.2 Å². The van der Waals surface area contributed by atoms with Crippen molar-refractivity contribution >= 4 is 5.91 Å². The van der Waals surface area contributed by atoms with Gasteiger partial charge in [0.25, 0.3) is 5.91 Å². The minimum atomic E-state index is -0.341. The molecule has 2 saturated heterocycles. The van der Waals surface area contributed by atoms with E-state index in [2.05, 4.69) is 16.3 Å². The van der Waals surface area contributed by atoms with Crippen LogP contribution in [0, 0.1) is 5.92 Å². The van der Waals surface area contributed by atoms with Crippen LogP contribution in [0.2, 0.25) is 0 Å². The molecule has 0 bridgehead atoms. The molecule has 3 aliphatic heterocycles. The van der Waals surface area contributed by atoms with Crippen molar-refractivity contribution in [2.24, 2.45) is 5.92 Å². The highest BCUT2D eigenvalue weighted by molar-refractivity contribution is 5.92. The average Bonchev–Trinajstić information content (AvgIpc) is 2.80. The van der Waals surface area contributed by atoms with Crippen molar-refractivity contribution in [2.45, 2.75) is 37.4 Å². The van der Waals surface area contributed by atoms with E-state index < -0.39 is 0 Å². The normalized spacial score (nSPS) is 24.9. The Morgan fingerprint density at radius 1 is 1.24 bits per heavy atom. The van der Waals surface area contributed by atoms with Gasteiger partial charge >= 0.3 is 0 Å². The number of fused-ring (bicyclic) bond motifs is 4. The molecule has 0 aliphatic carbocycles. The highest BCUT2D eigenvalue weighted by Crippen LogP contribution is 2.55. The minimum Gasteiger partial charge on any atom is -0.493 e. The summed E-state index contributed by atoms with van der Waals surface area (Å²) in [4.78, 5) is 14.6. The van der Waals surface area contributed by atoms with E-state index in [1.54, 1.807) is 25.4 Å². The first-order chi connectivity index (χ1) is 14.2. The van der Waals surface area contributed by atoms with Gasteiger partial charge in [-0.3, -0.25) is 4.79 Å². The fourth-order valence-corrected chi connectivity index (χ4v) is 5.07. The third kappa shape index (κ3) is 3.04. The summed E-state index contributed by atoms with van der Waals surface area (Å²) in [7, 11) is 1.67. The second-order valence-corrected chi connectivity index (χ2v) is 7.99. The summed E-state index contributed by atoms with van der Waals surface area (Å²) < 4.78 is 18.5. The van der Waals surface area contributed by atoms with Crippen molar-refractivity contribution in [2.75, 3.05) is 26.8 Å². The number of methoxy groups -OCH3 is 1. The van der Waals surface area contributed by atoms with Crippen LogP contribution in [0.15, 0.2) is 36.5 Å². The van der Waals surface area contributed by atoms with Gasteiger partial charge in [-0.25, -0.2) is 0 Å². The second kappa shape index (κ2) is 7.30. The van der Waals surface area contributed by atoms with Gasteiger partial charge in [-0.15, -0.1) is 5.10 Å². The van der Waals surface area contributed by atoms with Crippen LogP contribution in [0.1, 0.15) is 47.8 Å². The minimum absolute atomic E-state index is 0.0184. The van der Waals surface area contributed by atoms with Crippen molar-refractivity contribution in [3.8, 4) is 11.5 Å². The molecule has 1 aromatic heterocycles. The molecule has 2 fully saturated rings. The van der Waals surface area contributed by atoms with E-state index in [4.69, 9.17) is 14.2 Å². The van der Waals surface area contributed by atoms with Crippen molar-refractivity contribution in [1.82, 2.24) is 15.1 Å². The van der Waals surface area contributed by atoms with Crippen LogP contribution >= 0.6 is 0 Å². The van der Waals surface area contributed by atoms with Crippen LogP contribution in [0.3, 0.4) is 0 Å². The first-order valence-corrected chi connectivity index (χ1v) is 10.3. The van der Waals surface area contributed by atoms with Crippen molar-refractivity contribution in [3.63, 3.8) is 0 Å². The summed E-state index contributed by atoms with van der Waals surface area (Å²) in [5, 5.41) is 7.80. The number of aromatic nitrogens is 2. The number of hydrogen-bond donors (Lipinski definition) is 0. The van der Waals surface area contributed by atoms with Gasteiger partial charge in [0.1, 0.15) is 5.60 Å². The zero-order valence-corrected chi connectivity index (χ0v) is 16.5. The Morgan fingerprint density at radius 2 is 2.10 bits per heavy atom. The number of ether oxygens (including phenoxy) is 3. The molecule has 1 aromatic carbocycles. The van der Waals surface area contributed by atoms with E-state index >= 15 is 0 Å². The molecule has 0 unspecified atom stereocenters. The lowest BCUT2D eigenvalue weighted by atomic mass is 9.70. The SMILES string of the molecule is COc1cccc2c1OC1(CCN(C(=O)c3cccnn3)CC1)[C@H]1CCCO[C@H]21. The summed E-state index contributed by atoms with van der Waals surface area (Å²) >= 11 is 0. The molecule has 3 aliphatic rings. The molecule has 152 valence electrons. The van der Waals surface area contributed by atoms with E-state index in [0.29, 0.717) is 18.8 Å². The number of carbonyl (C=O) groups excluding carboxylic acids is 1. The predicted octanol–water partition coefficient (Wildman–Crippen LogP) is 3.02. The molecule has 1 spiro atoms. The van der Waals surface area contributed by atoms with Gasteiger partial charge in [-0.2, -0.15) is 5.10 Å². The number of piperidine rings is 1. The summed E-state index contributed by atoms with van der Waals surface area (Å²) in [6.45, 7) is 2.03. The van der Waals surface area contributed by atoms with E-state index in [1.807, 2.05) is 17.0 Å². The monoisotopic (exact) mass is 395 g/mol. The molecule has 4 heterocycles. The van der Waals surface area contributed by atoms with E-state index in [1.165, 1.54) is 0 Å². The van der Waals surface area contributed by atoms with Crippen LogP contribution in [0.25, 0.3) is 0 Å². The van der Waals surface area contributed by atoms with Gasteiger partial charge in [0.2, 0.25) is 0 Å². The number of hydrogen-bond acceptors (Lipinski definition) is 6. The fraction of sp³-hybridized carbons (Fsp3) is 0.500. The molecule has 0 radical (unpaired) electrons. The molecule has 2 aromatic rings. The summed E-state index contributed by atoms with van der Waals surface area (Å²) in [5.74, 6) is 1.75. The molecular weight excluding hydrogens is 370 g/mol. The number of benzene rings is 1. The summed E-state index contributed by atoms with van der Waals surface area (Å²) in [6.07, 6.45) is 5.23. The van der Waals surface area contributed by atoms with Crippen LogP contribution in [-0.2, 0) is 4.74 Å². The number of nitrogens with zero attached hydrogens (tertiary/aromatic N) is 3. The van der Waals surface area contributed by atoms with Gasteiger partial charge in [-0.1, -0.05) is 12.1 Å². The Labute approximate surface area is 170 Å². The standard InChI is InChI=1S/C22H25N3O4/c1-27-18-8-2-5-15-19-16(6-4-14-28-19)22(29-20(15)18)9-12-25(13-10-22)21(26)17-7-3-11-23-24-17/h2-3,5,7-8,11,16,19H,4,6,9-10,12-14H2,1H3/t16-,19+/m0/s1. The Balaban J connectivity index is 1.42. The number of rotatable bonds is 2. The third-order valence-electron chi connectivity index (χ3n) is 6.53. The number of para-hydroxylation sites is 1. The smallest absolute Gasteiger partial charge is 0.274 e. The van der Waals surface area contributed by atoms with E-state index in [-0.39, 0.29) is 23.5 Å². The lowest BCUT2D eigenvalue weighted by molar-refractivity contribution is -0.147. The Hall–Kier alpha value is -2.67. The zero-order valence-electron chi connectivity index (χ0n) is 16.5. The molecule has 7 nitrogen and oxygen atoms in total. The number of amides is 1. The topological polar surface area (TPSA) is 73.8 Å². The molecule has 29 heavy (non-hydrogen) atoms. The van der Waals surface area contributed by atoms with E-state index in [0.717, 1.165) is 49.4 Å². The summed E-state index contributed by atoms with van der Waals surface area (Å²) in [6, 6.07) is 9.46. The molecule has 5 rings (SSSR count). The van der Waals surface area contributed by atoms with Gasteiger partial charge in [0, 0.05) is 50.2 Å². The quantitative estimate of drug-likeness (QED) is 0.778. The van der Waals surface area contributed by atoms with Crippen LogP contribution in [0.4, 0.5) is 0 Å². The van der Waals surface area contributed by atoms with E-state index in [9.17, 15) is 4.79 Å². The second-order valence-electron chi connectivity index (χ2n) is 7.99. The van der Waals surface area contributed by atoms with Gasteiger partial charge in [-0.05, 0) is 31.0 Å². The maximum Gasteiger partial charge on any atom is 0.274 e. The molecular formula is C22H25N3O4. The number of carbonyl (C=O) groups is 1. The number of likely N-dealkylation sites (tertiary alicyclic amines) is 1. The molecule has 0 N–H and O–H groups in total. The van der Waals surface area contributed by atoms with Crippen molar-refractivity contribution in [1.29, 1.82) is 0 Å². The van der Waals surface area contributed by atoms with Gasteiger partial charge in [0.05, 0.1) is 13.2 Å². The third-order valence-corrected chi connectivity index (χ3v) is 6.53. The zero-order chi connectivity index (χ0) is 19.8. The van der Waals surface area contributed by atoms with Gasteiger partial charge < -0.3 is 19.1 Å². The highest BCUT2D eigenvalue weighted by atomic mass is 16.5. The maximum absolute atomic E-state index is 12.8. The fourth-order valence-electron chi connectivity index (χ4n) is 5.07. The molecule has 0 saturated carbocycles. The van der Waals surface area contributed by atoms with Crippen LogP contribution in [0.5, 0.6) is 11.5 Å². The molecule has 2 atom stereocenters. The lowest BCUT2D eigenvalue weighted by Gasteiger charge is -2.53. The Kier molecular flexibility index (Phi) is 4.62. The Morgan fingerprint density at radius 3 is 2.86 bits per heavy atom. The van der Waals surface area contributed by atoms with Crippen LogP contribution < -0.4 is 9.47 Å². The predicted molar refractivity (Wildman–Crippen MR) is 105 cm³/mol.